The smallest absolute Gasteiger partial charge is 0.00675 e. The van der Waals surface area contributed by atoms with E-state index in [4.69, 9.17) is 0 Å². The van der Waals surface area contributed by atoms with E-state index in [1.54, 1.807) is 0 Å². The first-order valence-electron chi connectivity index (χ1n) is 7.69. The molecule has 17 heavy (non-hydrogen) atoms. The van der Waals surface area contributed by atoms with Gasteiger partial charge in [-0.1, -0.05) is 34.1 Å². The van der Waals surface area contributed by atoms with Crippen LogP contribution in [0.1, 0.15) is 72.6 Å². The van der Waals surface area contributed by atoms with Crippen molar-refractivity contribution in [2.75, 3.05) is 6.54 Å². The molecule has 0 bridgehead atoms. The topological polar surface area (TPSA) is 12.0 Å². The van der Waals surface area contributed by atoms with E-state index < -0.39 is 0 Å². The Kier molecular flexibility index (Phi) is 3.87. The summed E-state index contributed by atoms with van der Waals surface area (Å²) in [4.78, 5) is 0. The molecule has 1 nitrogen and oxygen atoms in total. The van der Waals surface area contributed by atoms with Crippen LogP contribution in [-0.4, -0.2) is 12.6 Å². The zero-order valence-electron chi connectivity index (χ0n) is 12.3. The van der Waals surface area contributed by atoms with Crippen LogP contribution in [-0.2, 0) is 0 Å². The summed E-state index contributed by atoms with van der Waals surface area (Å²) in [5.74, 6) is 0.960. The van der Waals surface area contributed by atoms with Gasteiger partial charge in [-0.2, -0.15) is 0 Å². The molecule has 0 amide bonds. The molecule has 0 atom stereocenters. The van der Waals surface area contributed by atoms with Gasteiger partial charge in [0.15, 0.2) is 0 Å². The zero-order valence-corrected chi connectivity index (χ0v) is 12.3. The minimum Gasteiger partial charge on any atom is -0.313 e. The Labute approximate surface area is 108 Å². The van der Waals surface area contributed by atoms with E-state index in [-0.39, 0.29) is 0 Å². The Bertz CT molecular complexity index is 244. The van der Waals surface area contributed by atoms with Gasteiger partial charge >= 0.3 is 0 Å². The molecule has 0 saturated heterocycles. The van der Waals surface area contributed by atoms with Gasteiger partial charge < -0.3 is 5.32 Å². The Morgan fingerprint density at radius 1 is 1.12 bits per heavy atom. The van der Waals surface area contributed by atoms with E-state index in [1.807, 2.05) is 0 Å². The lowest BCUT2D eigenvalue weighted by Gasteiger charge is -2.39. The van der Waals surface area contributed by atoms with Gasteiger partial charge in [-0.25, -0.2) is 0 Å². The van der Waals surface area contributed by atoms with Crippen molar-refractivity contribution in [3.05, 3.63) is 0 Å². The number of hydrogen-bond donors (Lipinski definition) is 1. The van der Waals surface area contributed by atoms with Gasteiger partial charge in [0.25, 0.3) is 0 Å². The van der Waals surface area contributed by atoms with Crippen molar-refractivity contribution in [1.82, 2.24) is 5.32 Å². The second kappa shape index (κ2) is 4.91. The van der Waals surface area contributed by atoms with Crippen LogP contribution >= 0.6 is 0 Å². The summed E-state index contributed by atoms with van der Waals surface area (Å²) < 4.78 is 0. The molecule has 1 N–H and O–H groups in total. The third-order valence-electron chi connectivity index (χ3n) is 5.66. The molecule has 2 fully saturated rings. The highest BCUT2D eigenvalue weighted by molar-refractivity contribution is 4.92. The molecule has 0 aliphatic heterocycles. The number of nitrogens with one attached hydrogen (secondary N) is 1. The van der Waals surface area contributed by atoms with Gasteiger partial charge in [-0.3, -0.25) is 0 Å². The molecular weight excluding hydrogens is 206 g/mol. The summed E-state index contributed by atoms with van der Waals surface area (Å²) in [6.45, 7) is 10.9. The van der Waals surface area contributed by atoms with E-state index in [1.165, 1.54) is 51.5 Å². The van der Waals surface area contributed by atoms with Crippen LogP contribution < -0.4 is 5.32 Å². The zero-order chi connectivity index (χ0) is 12.5. The quantitative estimate of drug-likeness (QED) is 0.748. The van der Waals surface area contributed by atoms with Gasteiger partial charge in [0, 0.05) is 12.6 Å². The van der Waals surface area contributed by atoms with E-state index in [9.17, 15) is 0 Å². The average Bonchev–Trinajstić information content (AvgIpc) is 3.06. The van der Waals surface area contributed by atoms with Crippen LogP contribution in [0.2, 0.25) is 0 Å². The standard InChI is InChI=1S/C16H31N/c1-5-15(2,3)13-6-8-14(9-7-13)17-12-16(4)10-11-16/h13-14,17H,5-12H2,1-4H3. The molecule has 0 heterocycles. The average molecular weight is 237 g/mol. The minimum atomic E-state index is 0.563. The van der Waals surface area contributed by atoms with Crippen LogP contribution in [0.15, 0.2) is 0 Å². The number of hydrogen-bond acceptors (Lipinski definition) is 1. The fraction of sp³-hybridized carbons (Fsp3) is 1.00. The highest BCUT2D eigenvalue weighted by atomic mass is 14.9. The van der Waals surface area contributed by atoms with Gasteiger partial charge in [0.05, 0.1) is 0 Å². The third kappa shape index (κ3) is 3.47. The maximum Gasteiger partial charge on any atom is 0.00675 e. The summed E-state index contributed by atoms with van der Waals surface area (Å²) in [6.07, 6.45) is 9.91. The SMILES string of the molecule is CCC(C)(C)C1CCC(NCC2(C)CC2)CC1. The van der Waals surface area contributed by atoms with Crippen molar-refractivity contribution in [2.24, 2.45) is 16.7 Å². The largest absolute Gasteiger partial charge is 0.313 e. The molecular formula is C16H31N. The Morgan fingerprint density at radius 3 is 2.18 bits per heavy atom. The maximum absolute atomic E-state index is 3.81. The molecule has 0 aromatic rings. The van der Waals surface area contributed by atoms with Crippen LogP contribution in [0.5, 0.6) is 0 Å². The fourth-order valence-corrected chi connectivity index (χ4v) is 3.15. The summed E-state index contributed by atoms with van der Waals surface area (Å²) in [7, 11) is 0. The van der Waals surface area contributed by atoms with Crippen LogP contribution in [0.4, 0.5) is 0 Å². The normalized spacial score (nSPS) is 32.5. The maximum atomic E-state index is 3.81. The van der Waals surface area contributed by atoms with Crippen molar-refractivity contribution < 1.29 is 0 Å². The molecule has 2 aliphatic rings. The lowest BCUT2D eigenvalue weighted by molar-refractivity contribution is 0.135. The van der Waals surface area contributed by atoms with E-state index in [2.05, 4.69) is 33.0 Å². The highest BCUT2D eigenvalue weighted by Crippen LogP contribution is 2.45. The van der Waals surface area contributed by atoms with Gasteiger partial charge in [-0.05, 0) is 55.3 Å². The number of rotatable bonds is 5. The first kappa shape index (κ1) is 13.4. The Balaban J connectivity index is 1.70. The fourth-order valence-electron chi connectivity index (χ4n) is 3.15. The monoisotopic (exact) mass is 237 g/mol. The predicted octanol–water partition coefficient (Wildman–Crippen LogP) is 4.37. The Hall–Kier alpha value is -0.0400. The second-order valence-electron chi connectivity index (χ2n) is 7.58. The third-order valence-corrected chi connectivity index (χ3v) is 5.66. The van der Waals surface area contributed by atoms with Gasteiger partial charge in [0.2, 0.25) is 0 Å². The molecule has 0 spiro atoms. The molecule has 0 aromatic heterocycles. The van der Waals surface area contributed by atoms with Crippen molar-refractivity contribution in [3.8, 4) is 0 Å². The van der Waals surface area contributed by atoms with Gasteiger partial charge in [-0.15, -0.1) is 0 Å². The lowest BCUT2D eigenvalue weighted by atomic mass is 9.69. The Morgan fingerprint density at radius 2 is 1.71 bits per heavy atom. The van der Waals surface area contributed by atoms with Crippen molar-refractivity contribution in [2.45, 2.75) is 78.7 Å². The van der Waals surface area contributed by atoms with Crippen molar-refractivity contribution in [3.63, 3.8) is 0 Å². The summed E-state index contributed by atoms with van der Waals surface area (Å²) in [6, 6.07) is 0.816. The van der Waals surface area contributed by atoms with Crippen molar-refractivity contribution in [1.29, 1.82) is 0 Å². The molecule has 0 aromatic carbocycles. The molecule has 2 rings (SSSR count). The van der Waals surface area contributed by atoms with Crippen LogP contribution in [0, 0.1) is 16.7 Å². The summed E-state index contributed by atoms with van der Waals surface area (Å²) in [5, 5.41) is 3.81. The molecule has 2 aliphatic carbocycles. The molecule has 2 saturated carbocycles. The van der Waals surface area contributed by atoms with Gasteiger partial charge in [0.1, 0.15) is 0 Å². The molecule has 0 unspecified atom stereocenters. The summed E-state index contributed by atoms with van der Waals surface area (Å²) >= 11 is 0. The van der Waals surface area contributed by atoms with Crippen LogP contribution in [0.25, 0.3) is 0 Å². The highest BCUT2D eigenvalue weighted by Gasteiger charge is 2.38. The summed E-state index contributed by atoms with van der Waals surface area (Å²) in [5.41, 5.74) is 1.23. The van der Waals surface area contributed by atoms with Crippen LogP contribution in [0.3, 0.4) is 0 Å². The van der Waals surface area contributed by atoms with Crippen molar-refractivity contribution >= 4 is 0 Å². The molecule has 100 valence electrons. The minimum absolute atomic E-state index is 0.563. The molecule has 0 radical (unpaired) electrons. The second-order valence-corrected chi connectivity index (χ2v) is 7.58. The predicted molar refractivity (Wildman–Crippen MR) is 75.2 cm³/mol. The van der Waals surface area contributed by atoms with E-state index in [0.717, 1.165) is 12.0 Å². The van der Waals surface area contributed by atoms with E-state index in [0.29, 0.717) is 10.8 Å². The first-order valence-corrected chi connectivity index (χ1v) is 7.69. The first-order chi connectivity index (χ1) is 7.95. The van der Waals surface area contributed by atoms with E-state index >= 15 is 0 Å². The molecule has 1 heteroatoms. The lowest BCUT2D eigenvalue weighted by Crippen LogP contribution is -2.38.